The minimum absolute atomic E-state index is 0.324. The third kappa shape index (κ3) is 11.1. The molecule has 0 aliphatic rings. The van der Waals surface area contributed by atoms with Gasteiger partial charge in [-0.25, -0.2) is 4.79 Å². The van der Waals surface area contributed by atoms with Crippen molar-refractivity contribution in [3.8, 4) is 0 Å². The maximum Gasteiger partial charge on any atom is 0.407 e. The first-order valence-electron chi connectivity index (χ1n) is 5.91. The molecule has 0 unspecified atom stereocenters. The molecule has 0 aromatic carbocycles. The quantitative estimate of drug-likeness (QED) is 0.575. The second-order valence-electron chi connectivity index (χ2n) is 5.21. The molecule has 0 rings (SSSR count). The van der Waals surface area contributed by atoms with Crippen LogP contribution in [0.25, 0.3) is 0 Å². The maximum absolute atomic E-state index is 11.3. The molecule has 0 saturated carbocycles. The largest absolute Gasteiger partial charge is 0.444 e. The van der Waals surface area contributed by atoms with Crippen molar-refractivity contribution in [3.05, 3.63) is 11.6 Å². The van der Waals surface area contributed by atoms with Crippen LogP contribution in [-0.4, -0.2) is 18.2 Å². The topological polar surface area (TPSA) is 38.3 Å². The highest BCUT2D eigenvalue weighted by Crippen LogP contribution is 2.06. The number of allylic oxidation sites excluding steroid dienone is 2. The zero-order chi connectivity index (χ0) is 12.6. The standard InChI is InChI=1S/C13H25NO2/c1-11(2)9-7-6-8-10-14-12(15)16-13(3,4)5/h9H,6-8,10H2,1-5H3,(H,14,15). The summed E-state index contributed by atoms with van der Waals surface area (Å²) in [5, 5.41) is 2.75. The molecule has 0 heterocycles. The Morgan fingerprint density at radius 1 is 1.25 bits per heavy atom. The number of carbonyl (C=O) groups excluding carboxylic acids is 1. The van der Waals surface area contributed by atoms with Crippen LogP contribution in [0.3, 0.4) is 0 Å². The highest BCUT2D eigenvalue weighted by molar-refractivity contribution is 5.67. The fourth-order valence-corrected chi connectivity index (χ4v) is 1.16. The van der Waals surface area contributed by atoms with Gasteiger partial charge in [-0.3, -0.25) is 0 Å². The lowest BCUT2D eigenvalue weighted by Gasteiger charge is -2.19. The maximum atomic E-state index is 11.3. The number of unbranched alkanes of at least 4 members (excludes halogenated alkanes) is 2. The number of alkyl carbamates (subject to hydrolysis) is 1. The van der Waals surface area contributed by atoms with Crippen molar-refractivity contribution in [2.45, 2.75) is 59.5 Å². The predicted octanol–water partition coefficient (Wildman–Crippen LogP) is 3.65. The first-order chi connectivity index (χ1) is 7.31. The van der Waals surface area contributed by atoms with Crippen molar-refractivity contribution in [1.29, 1.82) is 0 Å². The fourth-order valence-electron chi connectivity index (χ4n) is 1.16. The Hall–Kier alpha value is -0.990. The molecule has 1 N–H and O–H groups in total. The second kappa shape index (κ2) is 7.31. The first-order valence-corrected chi connectivity index (χ1v) is 5.91. The summed E-state index contributed by atoms with van der Waals surface area (Å²) in [6.07, 6.45) is 5.06. The number of hydrogen-bond acceptors (Lipinski definition) is 2. The van der Waals surface area contributed by atoms with Gasteiger partial charge in [0.2, 0.25) is 0 Å². The van der Waals surface area contributed by atoms with Crippen LogP contribution in [0.15, 0.2) is 11.6 Å². The van der Waals surface area contributed by atoms with E-state index >= 15 is 0 Å². The molecule has 3 heteroatoms. The molecule has 1 amide bonds. The molecule has 0 atom stereocenters. The Balaban J connectivity index is 3.46. The summed E-state index contributed by atoms with van der Waals surface area (Å²) in [5.74, 6) is 0. The third-order valence-electron chi connectivity index (χ3n) is 1.85. The number of ether oxygens (including phenoxy) is 1. The van der Waals surface area contributed by atoms with Crippen LogP contribution < -0.4 is 5.32 Å². The first kappa shape index (κ1) is 15.0. The smallest absolute Gasteiger partial charge is 0.407 e. The molecule has 0 aromatic rings. The van der Waals surface area contributed by atoms with E-state index in [0.717, 1.165) is 19.3 Å². The number of rotatable bonds is 5. The minimum Gasteiger partial charge on any atom is -0.444 e. The van der Waals surface area contributed by atoms with Crippen molar-refractivity contribution >= 4 is 6.09 Å². The highest BCUT2D eigenvalue weighted by Gasteiger charge is 2.15. The van der Waals surface area contributed by atoms with E-state index in [0.29, 0.717) is 6.54 Å². The number of carbonyl (C=O) groups is 1. The van der Waals surface area contributed by atoms with E-state index in [4.69, 9.17) is 4.74 Å². The molecule has 0 aliphatic heterocycles. The van der Waals surface area contributed by atoms with Gasteiger partial charge in [0.15, 0.2) is 0 Å². The lowest BCUT2D eigenvalue weighted by molar-refractivity contribution is 0.0527. The van der Waals surface area contributed by atoms with E-state index in [1.165, 1.54) is 5.57 Å². The number of nitrogens with one attached hydrogen (secondary N) is 1. The zero-order valence-electron chi connectivity index (χ0n) is 11.2. The normalized spacial score (nSPS) is 10.8. The van der Waals surface area contributed by atoms with Gasteiger partial charge >= 0.3 is 6.09 Å². The van der Waals surface area contributed by atoms with Crippen LogP contribution in [0.1, 0.15) is 53.9 Å². The lowest BCUT2D eigenvalue weighted by Crippen LogP contribution is -2.32. The molecule has 0 saturated heterocycles. The van der Waals surface area contributed by atoms with Gasteiger partial charge in [-0.2, -0.15) is 0 Å². The number of amides is 1. The van der Waals surface area contributed by atoms with Gasteiger partial charge in [-0.05, 0) is 53.9 Å². The Kier molecular flexibility index (Phi) is 6.86. The van der Waals surface area contributed by atoms with Crippen molar-refractivity contribution in [3.63, 3.8) is 0 Å². The average Bonchev–Trinajstić information content (AvgIpc) is 2.07. The third-order valence-corrected chi connectivity index (χ3v) is 1.85. The minimum atomic E-state index is -0.411. The van der Waals surface area contributed by atoms with Crippen molar-refractivity contribution in [2.75, 3.05) is 6.54 Å². The van der Waals surface area contributed by atoms with Gasteiger partial charge in [-0.15, -0.1) is 0 Å². The van der Waals surface area contributed by atoms with Gasteiger partial charge in [0, 0.05) is 6.54 Å². The summed E-state index contributed by atoms with van der Waals surface area (Å²) in [4.78, 5) is 11.3. The molecule has 3 nitrogen and oxygen atoms in total. The molecule has 0 spiro atoms. The molecule has 0 radical (unpaired) electrons. The molecule has 16 heavy (non-hydrogen) atoms. The molecule has 0 fully saturated rings. The van der Waals surface area contributed by atoms with E-state index < -0.39 is 5.60 Å². The van der Waals surface area contributed by atoms with Crippen molar-refractivity contribution in [2.24, 2.45) is 0 Å². The Morgan fingerprint density at radius 3 is 2.38 bits per heavy atom. The monoisotopic (exact) mass is 227 g/mol. The van der Waals surface area contributed by atoms with Gasteiger partial charge in [0.1, 0.15) is 5.60 Å². The molecule has 0 aliphatic carbocycles. The number of hydrogen-bond donors (Lipinski definition) is 1. The SMILES string of the molecule is CC(C)=CCCCCNC(=O)OC(C)(C)C. The molecule has 94 valence electrons. The molecule has 0 bridgehead atoms. The van der Waals surface area contributed by atoms with E-state index in [9.17, 15) is 4.79 Å². The van der Waals surface area contributed by atoms with Gasteiger partial charge in [0.25, 0.3) is 0 Å². The Bertz CT molecular complexity index is 235. The summed E-state index contributed by atoms with van der Waals surface area (Å²) in [6, 6.07) is 0. The van der Waals surface area contributed by atoms with E-state index in [1.807, 2.05) is 20.8 Å². The van der Waals surface area contributed by atoms with Gasteiger partial charge < -0.3 is 10.1 Å². The molecular formula is C13H25NO2. The Morgan fingerprint density at radius 2 is 1.88 bits per heavy atom. The second-order valence-corrected chi connectivity index (χ2v) is 5.21. The summed E-state index contributed by atoms with van der Waals surface area (Å²) >= 11 is 0. The van der Waals surface area contributed by atoms with Crippen LogP contribution in [0.4, 0.5) is 4.79 Å². The highest BCUT2D eigenvalue weighted by atomic mass is 16.6. The molecular weight excluding hydrogens is 202 g/mol. The van der Waals surface area contributed by atoms with Crippen LogP contribution in [0, 0.1) is 0 Å². The lowest BCUT2D eigenvalue weighted by atomic mass is 10.2. The average molecular weight is 227 g/mol. The fraction of sp³-hybridized carbons (Fsp3) is 0.769. The van der Waals surface area contributed by atoms with Crippen LogP contribution in [-0.2, 0) is 4.74 Å². The van der Waals surface area contributed by atoms with Crippen LogP contribution in [0.5, 0.6) is 0 Å². The zero-order valence-corrected chi connectivity index (χ0v) is 11.2. The Labute approximate surface area is 99.3 Å². The van der Waals surface area contributed by atoms with Crippen molar-refractivity contribution < 1.29 is 9.53 Å². The predicted molar refractivity (Wildman–Crippen MR) is 67.5 cm³/mol. The summed E-state index contributed by atoms with van der Waals surface area (Å²) in [5.41, 5.74) is 0.937. The molecule has 0 aromatic heterocycles. The van der Waals surface area contributed by atoms with Crippen molar-refractivity contribution in [1.82, 2.24) is 5.32 Å². The van der Waals surface area contributed by atoms with E-state index in [1.54, 1.807) is 0 Å². The van der Waals surface area contributed by atoms with Gasteiger partial charge in [0.05, 0.1) is 0 Å². The summed E-state index contributed by atoms with van der Waals surface area (Å²) < 4.78 is 5.12. The van der Waals surface area contributed by atoms with Crippen LogP contribution in [0.2, 0.25) is 0 Å². The summed E-state index contributed by atoms with van der Waals surface area (Å²) in [6.45, 7) is 10.5. The van der Waals surface area contributed by atoms with Gasteiger partial charge in [-0.1, -0.05) is 11.6 Å². The van der Waals surface area contributed by atoms with Crippen LogP contribution >= 0.6 is 0 Å². The van der Waals surface area contributed by atoms with E-state index in [2.05, 4.69) is 25.2 Å². The van der Waals surface area contributed by atoms with E-state index in [-0.39, 0.29) is 6.09 Å². The summed E-state index contributed by atoms with van der Waals surface area (Å²) in [7, 11) is 0.